The predicted octanol–water partition coefficient (Wildman–Crippen LogP) is 6.42. The van der Waals surface area contributed by atoms with Crippen LogP contribution in [0.15, 0.2) is 46.3 Å². The van der Waals surface area contributed by atoms with Crippen molar-refractivity contribution in [3.63, 3.8) is 0 Å². The lowest BCUT2D eigenvalue weighted by Crippen LogP contribution is -1.88. The van der Waals surface area contributed by atoms with E-state index in [2.05, 4.69) is 45.9 Å². The van der Waals surface area contributed by atoms with Gasteiger partial charge in [0.2, 0.25) is 0 Å². The topological polar surface area (TPSA) is 20.2 Å². The third-order valence-corrected chi connectivity index (χ3v) is 3.74. The lowest BCUT2D eigenvalue weighted by Gasteiger charge is -2.03. The summed E-state index contributed by atoms with van der Waals surface area (Å²) < 4.78 is 13.1. The Balaban J connectivity index is 4.04. The van der Waals surface area contributed by atoms with Crippen LogP contribution in [-0.2, 0) is 0 Å². The van der Waals surface area contributed by atoms with Crippen LogP contribution in [0.4, 0.5) is 4.39 Å². The molecule has 0 spiro atoms. The fraction of sp³-hybridized carbons (Fsp3) is 0.600. The zero-order valence-corrected chi connectivity index (χ0v) is 15.0. The molecule has 0 aromatic carbocycles. The summed E-state index contributed by atoms with van der Waals surface area (Å²) in [4.78, 5) is 0. The first-order chi connectivity index (χ1) is 10.4. The fourth-order valence-corrected chi connectivity index (χ4v) is 2.14. The molecule has 0 rings (SSSR count). The summed E-state index contributed by atoms with van der Waals surface area (Å²) in [6.45, 7) is 9.86. The first-order valence-electron chi connectivity index (χ1n) is 8.26. The summed E-state index contributed by atoms with van der Waals surface area (Å²) in [6, 6.07) is 0. The highest BCUT2D eigenvalue weighted by atomic mass is 19.1. The van der Waals surface area contributed by atoms with Crippen molar-refractivity contribution in [2.75, 3.05) is 6.61 Å². The first kappa shape index (κ1) is 20.9. The molecule has 0 heterocycles. The maximum Gasteiger partial charge on any atom is 0.124 e. The van der Waals surface area contributed by atoms with Crippen molar-refractivity contribution in [2.24, 2.45) is 0 Å². The number of rotatable bonds is 10. The van der Waals surface area contributed by atoms with E-state index in [-0.39, 0.29) is 5.83 Å². The molecule has 126 valence electrons. The predicted molar refractivity (Wildman–Crippen MR) is 95.5 cm³/mol. The summed E-state index contributed by atoms with van der Waals surface area (Å²) in [5, 5.41) is 8.72. The first-order valence-corrected chi connectivity index (χ1v) is 8.26. The van der Waals surface area contributed by atoms with Crippen molar-refractivity contribution < 1.29 is 9.50 Å². The van der Waals surface area contributed by atoms with E-state index in [0.717, 1.165) is 32.1 Å². The minimum Gasteiger partial charge on any atom is -0.389 e. The standard InChI is InChI=1S/C20H33FO/c1-16(2)9-6-10-17(3)11-7-12-18(4)13-8-14-19(5)20(21)15-22/h9,11,13,22H,6-8,10,12,14-15H2,1-5H3. The Morgan fingerprint density at radius 1 is 0.773 bits per heavy atom. The van der Waals surface area contributed by atoms with Crippen LogP contribution in [0.1, 0.15) is 73.1 Å². The van der Waals surface area contributed by atoms with E-state index in [1.54, 1.807) is 6.92 Å². The van der Waals surface area contributed by atoms with Gasteiger partial charge in [0.25, 0.3) is 0 Å². The van der Waals surface area contributed by atoms with Gasteiger partial charge >= 0.3 is 0 Å². The van der Waals surface area contributed by atoms with E-state index in [1.807, 2.05) is 0 Å². The third-order valence-electron chi connectivity index (χ3n) is 3.74. The van der Waals surface area contributed by atoms with Crippen LogP contribution >= 0.6 is 0 Å². The molecule has 0 atom stereocenters. The summed E-state index contributed by atoms with van der Waals surface area (Å²) in [7, 11) is 0. The molecule has 0 aliphatic carbocycles. The van der Waals surface area contributed by atoms with Crippen LogP contribution in [0.25, 0.3) is 0 Å². The van der Waals surface area contributed by atoms with E-state index in [4.69, 9.17) is 5.11 Å². The van der Waals surface area contributed by atoms with E-state index in [1.165, 1.54) is 16.7 Å². The Morgan fingerprint density at radius 3 is 1.68 bits per heavy atom. The average Bonchev–Trinajstić information content (AvgIpc) is 2.45. The molecule has 0 radical (unpaired) electrons. The second-order valence-electron chi connectivity index (χ2n) is 6.34. The van der Waals surface area contributed by atoms with Gasteiger partial charge < -0.3 is 5.11 Å². The van der Waals surface area contributed by atoms with E-state index in [0.29, 0.717) is 12.0 Å². The maximum atomic E-state index is 13.1. The zero-order chi connectivity index (χ0) is 17.0. The number of aliphatic hydroxyl groups excluding tert-OH is 1. The SMILES string of the molecule is CC(C)=CCCC(C)=CCCC(C)=CCCC(C)=C(F)CO. The van der Waals surface area contributed by atoms with E-state index < -0.39 is 6.61 Å². The zero-order valence-electron chi connectivity index (χ0n) is 15.0. The van der Waals surface area contributed by atoms with Crippen LogP contribution in [0.3, 0.4) is 0 Å². The van der Waals surface area contributed by atoms with Gasteiger partial charge in [-0.05, 0) is 78.7 Å². The minimum absolute atomic E-state index is 0.388. The molecule has 22 heavy (non-hydrogen) atoms. The monoisotopic (exact) mass is 308 g/mol. The molecule has 0 aliphatic rings. The molecule has 0 bridgehead atoms. The Bertz CT molecular complexity index is 435. The molecule has 2 heteroatoms. The summed E-state index contributed by atoms with van der Waals surface area (Å²) in [5.74, 6) is -0.388. The van der Waals surface area contributed by atoms with Gasteiger partial charge in [-0.2, -0.15) is 0 Å². The maximum absolute atomic E-state index is 13.1. The van der Waals surface area contributed by atoms with E-state index >= 15 is 0 Å². The van der Waals surface area contributed by atoms with Gasteiger partial charge in [0.15, 0.2) is 0 Å². The van der Waals surface area contributed by atoms with Gasteiger partial charge in [-0.15, -0.1) is 0 Å². The van der Waals surface area contributed by atoms with Gasteiger partial charge in [0, 0.05) is 0 Å². The van der Waals surface area contributed by atoms with Crippen LogP contribution in [0.2, 0.25) is 0 Å². The van der Waals surface area contributed by atoms with Crippen molar-refractivity contribution in [1.82, 2.24) is 0 Å². The normalized spacial score (nSPS) is 14.0. The second-order valence-corrected chi connectivity index (χ2v) is 6.34. The average molecular weight is 308 g/mol. The number of aliphatic hydroxyl groups is 1. The molecule has 0 fully saturated rings. The van der Waals surface area contributed by atoms with Crippen molar-refractivity contribution in [2.45, 2.75) is 73.1 Å². The number of halogens is 1. The molecule has 0 unspecified atom stereocenters. The number of allylic oxidation sites excluding steroid dienone is 7. The lowest BCUT2D eigenvalue weighted by molar-refractivity contribution is 0.295. The Labute approximate surface area is 136 Å². The van der Waals surface area contributed by atoms with Crippen LogP contribution < -0.4 is 0 Å². The highest BCUT2D eigenvalue weighted by Crippen LogP contribution is 2.15. The van der Waals surface area contributed by atoms with Crippen molar-refractivity contribution in [3.8, 4) is 0 Å². The van der Waals surface area contributed by atoms with Gasteiger partial charge in [0.1, 0.15) is 5.83 Å². The molecular formula is C20H33FO. The quantitative estimate of drug-likeness (QED) is 0.461. The minimum atomic E-state index is -0.481. The third kappa shape index (κ3) is 11.5. The largest absolute Gasteiger partial charge is 0.389 e. The number of hydrogen-bond donors (Lipinski definition) is 1. The van der Waals surface area contributed by atoms with Crippen molar-refractivity contribution in [3.05, 3.63) is 46.3 Å². The summed E-state index contributed by atoms with van der Waals surface area (Å²) in [6.07, 6.45) is 12.7. The Kier molecular flexibility index (Phi) is 11.8. The van der Waals surface area contributed by atoms with Gasteiger partial charge in [0.05, 0.1) is 6.61 Å². The highest BCUT2D eigenvalue weighted by molar-refractivity contribution is 5.09. The number of hydrogen-bond acceptors (Lipinski definition) is 1. The van der Waals surface area contributed by atoms with Gasteiger partial charge in [-0.25, -0.2) is 4.39 Å². The highest BCUT2D eigenvalue weighted by Gasteiger charge is 1.99. The molecule has 0 amide bonds. The summed E-state index contributed by atoms with van der Waals surface area (Å²) in [5.41, 5.74) is 4.84. The van der Waals surface area contributed by atoms with E-state index in [9.17, 15) is 4.39 Å². The molecule has 0 saturated carbocycles. The molecule has 1 nitrogen and oxygen atoms in total. The lowest BCUT2D eigenvalue weighted by atomic mass is 10.0. The smallest absolute Gasteiger partial charge is 0.124 e. The molecule has 0 aromatic heterocycles. The molecule has 0 aliphatic heterocycles. The van der Waals surface area contributed by atoms with Gasteiger partial charge in [-0.1, -0.05) is 34.9 Å². The van der Waals surface area contributed by atoms with Crippen molar-refractivity contribution >= 4 is 0 Å². The molecular weight excluding hydrogens is 275 g/mol. The fourth-order valence-electron chi connectivity index (χ4n) is 2.14. The van der Waals surface area contributed by atoms with Crippen LogP contribution in [0.5, 0.6) is 0 Å². The van der Waals surface area contributed by atoms with Crippen molar-refractivity contribution in [1.29, 1.82) is 0 Å². The van der Waals surface area contributed by atoms with Gasteiger partial charge in [-0.3, -0.25) is 0 Å². The molecule has 0 saturated heterocycles. The second kappa shape index (κ2) is 12.4. The van der Waals surface area contributed by atoms with Crippen LogP contribution in [0, 0.1) is 0 Å². The molecule has 0 aromatic rings. The molecule has 1 N–H and O–H groups in total. The Hall–Kier alpha value is -1.15. The van der Waals surface area contributed by atoms with Crippen LogP contribution in [-0.4, -0.2) is 11.7 Å². The summed E-state index contributed by atoms with van der Waals surface area (Å²) >= 11 is 0. The Morgan fingerprint density at radius 2 is 1.23 bits per heavy atom.